The number of benzene rings is 1. The normalized spacial score (nSPS) is 14.1. The molecule has 166 valence electrons. The first kappa shape index (κ1) is 21.2. The summed E-state index contributed by atoms with van der Waals surface area (Å²) >= 11 is 0. The smallest absolute Gasteiger partial charge is 0.227 e. The Labute approximate surface area is 184 Å². The second-order valence-corrected chi connectivity index (χ2v) is 7.44. The van der Waals surface area contributed by atoms with E-state index in [-0.39, 0.29) is 17.7 Å². The predicted molar refractivity (Wildman–Crippen MR) is 118 cm³/mol. The van der Waals surface area contributed by atoms with Crippen LogP contribution in [0.3, 0.4) is 0 Å². The van der Waals surface area contributed by atoms with Gasteiger partial charge in [0.1, 0.15) is 18.4 Å². The van der Waals surface area contributed by atoms with Gasteiger partial charge < -0.3 is 20.3 Å². The van der Waals surface area contributed by atoms with E-state index < -0.39 is 0 Å². The van der Waals surface area contributed by atoms with Crippen molar-refractivity contribution in [3.63, 3.8) is 0 Å². The molecule has 2 aromatic heterocycles. The van der Waals surface area contributed by atoms with Gasteiger partial charge in [-0.25, -0.2) is 9.67 Å². The van der Waals surface area contributed by atoms with Crippen molar-refractivity contribution in [3.8, 4) is 11.6 Å². The number of rotatable bonds is 6. The number of methoxy groups -OCH3 is 1. The molecular weight excluding hydrogens is 412 g/mol. The molecule has 0 atom stereocenters. The molecule has 0 aliphatic carbocycles. The van der Waals surface area contributed by atoms with Crippen molar-refractivity contribution in [2.24, 2.45) is 5.92 Å². The van der Waals surface area contributed by atoms with Crippen molar-refractivity contribution in [3.05, 3.63) is 43.0 Å². The lowest BCUT2D eigenvalue weighted by molar-refractivity contribution is -0.120. The van der Waals surface area contributed by atoms with Crippen molar-refractivity contribution in [1.82, 2.24) is 25.0 Å². The summed E-state index contributed by atoms with van der Waals surface area (Å²) in [7, 11) is 1.54. The highest BCUT2D eigenvalue weighted by molar-refractivity contribution is 5.96. The molecule has 1 aromatic carbocycles. The van der Waals surface area contributed by atoms with Gasteiger partial charge in [0.2, 0.25) is 11.8 Å². The maximum absolute atomic E-state index is 12.9. The molecule has 32 heavy (non-hydrogen) atoms. The van der Waals surface area contributed by atoms with Crippen LogP contribution in [0.4, 0.5) is 17.2 Å². The first-order chi connectivity index (χ1) is 15.5. The largest absolute Gasteiger partial charge is 0.495 e. The Balaban J connectivity index is 1.36. The standard InChI is InChI=1S/C21H24N8O3/c1-14(30)24-16-3-4-18(32-2)17(11-16)25-21(31)15-7-9-28(10-8-15)19-5-6-20(27-26-19)29-13-22-12-23-29/h3-6,11-13,15H,7-10H2,1-2H3,(H,24,30)(H,25,31). The highest BCUT2D eigenvalue weighted by Crippen LogP contribution is 2.30. The van der Waals surface area contributed by atoms with Gasteiger partial charge in [-0.05, 0) is 43.2 Å². The highest BCUT2D eigenvalue weighted by Gasteiger charge is 2.26. The van der Waals surface area contributed by atoms with Crippen molar-refractivity contribution in [1.29, 1.82) is 0 Å². The summed E-state index contributed by atoms with van der Waals surface area (Å²) < 4.78 is 6.89. The number of nitrogens with one attached hydrogen (secondary N) is 2. The van der Waals surface area contributed by atoms with E-state index in [9.17, 15) is 9.59 Å². The maximum atomic E-state index is 12.9. The molecule has 3 aromatic rings. The summed E-state index contributed by atoms with van der Waals surface area (Å²) in [4.78, 5) is 30.2. The molecule has 1 aliphatic rings. The third-order valence-corrected chi connectivity index (χ3v) is 5.26. The van der Waals surface area contributed by atoms with Crippen LogP contribution >= 0.6 is 0 Å². The lowest BCUT2D eigenvalue weighted by Crippen LogP contribution is -2.38. The van der Waals surface area contributed by atoms with Crippen LogP contribution in [0, 0.1) is 5.92 Å². The van der Waals surface area contributed by atoms with Crippen LogP contribution < -0.4 is 20.3 Å². The fraction of sp³-hybridized carbons (Fsp3) is 0.333. The Morgan fingerprint density at radius 2 is 1.81 bits per heavy atom. The van der Waals surface area contributed by atoms with Crippen molar-refractivity contribution in [2.75, 3.05) is 35.7 Å². The average molecular weight is 436 g/mol. The van der Waals surface area contributed by atoms with E-state index in [0.717, 1.165) is 5.82 Å². The van der Waals surface area contributed by atoms with E-state index in [1.165, 1.54) is 20.4 Å². The SMILES string of the molecule is COc1ccc(NC(C)=O)cc1NC(=O)C1CCN(c2ccc(-n3cncn3)nn2)CC1. The molecule has 1 saturated heterocycles. The van der Waals surface area contributed by atoms with Crippen LogP contribution in [0.25, 0.3) is 5.82 Å². The summed E-state index contributed by atoms with van der Waals surface area (Å²) in [6.07, 6.45) is 4.38. The molecule has 0 radical (unpaired) electrons. The van der Waals surface area contributed by atoms with E-state index in [1.54, 1.807) is 29.2 Å². The third-order valence-electron chi connectivity index (χ3n) is 5.26. The van der Waals surface area contributed by atoms with Gasteiger partial charge >= 0.3 is 0 Å². The fourth-order valence-corrected chi connectivity index (χ4v) is 3.63. The van der Waals surface area contributed by atoms with E-state index in [2.05, 4.69) is 35.8 Å². The zero-order valence-corrected chi connectivity index (χ0v) is 17.9. The molecular formula is C21H24N8O3. The minimum atomic E-state index is -0.183. The maximum Gasteiger partial charge on any atom is 0.227 e. The monoisotopic (exact) mass is 436 g/mol. The number of carbonyl (C=O) groups is 2. The molecule has 2 N–H and O–H groups in total. The summed E-state index contributed by atoms with van der Waals surface area (Å²) in [5, 5.41) is 18.2. The Morgan fingerprint density at radius 1 is 1.06 bits per heavy atom. The quantitative estimate of drug-likeness (QED) is 0.600. The topological polar surface area (TPSA) is 127 Å². The van der Waals surface area contributed by atoms with Gasteiger partial charge in [0.25, 0.3) is 0 Å². The Hall–Kier alpha value is -4.02. The molecule has 1 aliphatic heterocycles. The molecule has 11 nitrogen and oxygen atoms in total. The van der Waals surface area contributed by atoms with E-state index in [0.29, 0.717) is 48.9 Å². The second-order valence-electron chi connectivity index (χ2n) is 7.44. The number of amides is 2. The Bertz CT molecular complexity index is 1080. The minimum Gasteiger partial charge on any atom is -0.495 e. The van der Waals surface area contributed by atoms with Crippen molar-refractivity contribution >= 4 is 29.0 Å². The summed E-state index contributed by atoms with van der Waals surface area (Å²) in [5.41, 5.74) is 1.12. The zero-order chi connectivity index (χ0) is 22.5. The van der Waals surface area contributed by atoms with Crippen molar-refractivity contribution < 1.29 is 14.3 Å². The summed E-state index contributed by atoms with van der Waals surface area (Å²) in [6, 6.07) is 8.86. The number of carbonyl (C=O) groups excluding carboxylic acids is 2. The van der Waals surface area contributed by atoms with Crippen LogP contribution in [0.5, 0.6) is 5.75 Å². The highest BCUT2D eigenvalue weighted by atomic mass is 16.5. The number of ether oxygens (including phenoxy) is 1. The molecule has 1 fully saturated rings. The van der Waals surface area contributed by atoms with Gasteiger partial charge in [-0.3, -0.25) is 9.59 Å². The Morgan fingerprint density at radius 3 is 2.44 bits per heavy atom. The molecule has 0 bridgehead atoms. The first-order valence-electron chi connectivity index (χ1n) is 10.2. The fourth-order valence-electron chi connectivity index (χ4n) is 3.63. The van der Waals surface area contributed by atoms with Crippen LogP contribution in [-0.4, -0.2) is 57.0 Å². The summed E-state index contributed by atoms with van der Waals surface area (Å²) in [6.45, 7) is 2.82. The average Bonchev–Trinajstić information content (AvgIpc) is 3.34. The number of anilines is 3. The predicted octanol–water partition coefficient (Wildman–Crippen LogP) is 1.88. The summed E-state index contributed by atoms with van der Waals surface area (Å²) in [5.74, 6) is 1.50. The molecule has 11 heteroatoms. The van der Waals surface area contributed by atoms with Gasteiger partial charge in [0.05, 0.1) is 12.8 Å². The van der Waals surface area contributed by atoms with Crippen LogP contribution in [0.1, 0.15) is 19.8 Å². The lowest BCUT2D eigenvalue weighted by atomic mass is 9.95. The molecule has 2 amide bonds. The molecule has 4 rings (SSSR count). The van der Waals surface area contributed by atoms with Gasteiger partial charge in [-0.1, -0.05) is 0 Å². The zero-order valence-electron chi connectivity index (χ0n) is 17.9. The lowest BCUT2D eigenvalue weighted by Gasteiger charge is -2.31. The number of hydrogen-bond donors (Lipinski definition) is 2. The number of nitrogens with zero attached hydrogens (tertiary/aromatic N) is 6. The first-order valence-corrected chi connectivity index (χ1v) is 10.2. The van der Waals surface area contributed by atoms with Crippen LogP contribution in [0.2, 0.25) is 0 Å². The molecule has 0 saturated carbocycles. The second kappa shape index (κ2) is 9.41. The van der Waals surface area contributed by atoms with Gasteiger partial charge in [0.15, 0.2) is 11.6 Å². The third kappa shape index (κ3) is 4.82. The van der Waals surface area contributed by atoms with Gasteiger partial charge in [0, 0.05) is 31.6 Å². The number of aromatic nitrogens is 5. The Kier molecular flexibility index (Phi) is 6.24. The molecule has 0 unspecified atom stereocenters. The minimum absolute atomic E-state index is 0.0736. The van der Waals surface area contributed by atoms with Crippen LogP contribution in [0.15, 0.2) is 43.0 Å². The van der Waals surface area contributed by atoms with Crippen LogP contribution in [-0.2, 0) is 9.59 Å². The molecule has 0 spiro atoms. The van der Waals surface area contributed by atoms with E-state index >= 15 is 0 Å². The van der Waals surface area contributed by atoms with E-state index in [1.807, 2.05) is 12.1 Å². The number of hydrogen-bond acceptors (Lipinski definition) is 8. The van der Waals surface area contributed by atoms with Gasteiger partial charge in [-0.15, -0.1) is 10.2 Å². The number of piperidine rings is 1. The van der Waals surface area contributed by atoms with E-state index in [4.69, 9.17) is 4.74 Å². The molecule has 3 heterocycles. The van der Waals surface area contributed by atoms with Gasteiger partial charge in [-0.2, -0.15) is 5.10 Å². The van der Waals surface area contributed by atoms with Crippen molar-refractivity contribution in [2.45, 2.75) is 19.8 Å².